The Balaban J connectivity index is 1.50. The molecule has 2 aromatic rings. The molecule has 0 saturated carbocycles. The van der Waals surface area contributed by atoms with Crippen LogP contribution in [0.1, 0.15) is 4.88 Å². The van der Waals surface area contributed by atoms with Crippen molar-refractivity contribution in [2.45, 2.75) is 6.54 Å². The number of benzene rings is 1. The molecule has 0 N–H and O–H groups in total. The third kappa shape index (κ3) is 4.52. The Bertz CT molecular complexity index is 682. The molecule has 1 saturated heterocycles. The third-order valence-electron chi connectivity index (χ3n) is 4.47. The Hall–Kier alpha value is -2.05. The van der Waals surface area contributed by atoms with Crippen LogP contribution in [0.3, 0.4) is 0 Å². The van der Waals surface area contributed by atoms with Crippen LogP contribution < -0.4 is 9.64 Å². The Labute approximate surface area is 153 Å². The molecular weight excluding hydrogens is 334 g/mol. The number of thiophene rings is 1. The zero-order valence-corrected chi connectivity index (χ0v) is 15.7. The van der Waals surface area contributed by atoms with Crippen LogP contribution in [-0.4, -0.2) is 62.6 Å². The maximum Gasteiger partial charge on any atom is 0.236 e. The molecule has 6 heteroatoms. The van der Waals surface area contributed by atoms with E-state index < -0.39 is 0 Å². The fourth-order valence-electron chi connectivity index (χ4n) is 3.14. The van der Waals surface area contributed by atoms with Crippen LogP contribution in [0.2, 0.25) is 0 Å². The molecule has 1 aliphatic heterocycles. The van der Waals surface area contributed by atoms with E-state index in [4.69, 9.17) is 4.74 Å². The molecule has 0 bridgehead atoms. The van der Waals surface area contributed by atoms with Crippen molar-refractivity contribution in [2.75, 3.05) is 51.8 Å². The zero-order chi connectivity index (χ0) is 17.6. The van der Waals surface area contributed by atoms with E-state index in [2.05, 4.69) is 27.3 Å². The number of hydrogen-bond acceptors (Lipinski definition) is 5. The molecule has 1 aromatic carbocycles. The first kappa shape index (κ1) is 17.8. The number of anilines is 1. The summed E-state index contributed by atoms with van der Waals surface area (Å²) < 4.78 is 5.45. The summed E-state index contributed by atoms with van der Waals surface area (Å²) in [4.78, 5) is 20.2. The van der Waals surface area contributed by atoms with Gasteiger partial charge in [-0.25, -0.2) is 0 Å². The van der Waals surface area contributed by atoms with Gasteiger partial charge in [0.15, 0.2) is 0 Å². The minimum atomic E-state index is 0.207. The number of piperazine rings is 1. The number of amides is 1. The largest absolute Gasteiger partial charge is 0.495 e. The molecule has 1 fully saturated rings. The predicted octanol–water partition coefficient (Wildman–Crippen LogP) is 2.54. The highest BCUT2D eigenvalue weighted by molar-refractivity contribution is 7.09. The average molecular weight is 359 g/mol. The number of carbonyl (C=O) groups excluding carboxylic acids is 1. The molecule has 1 aliphatic rings. The summed E-state index contributed by atoms with van der Waals surface area (Å²) in [6.45, 7) is 4.46. The maximum atomic E-state index is 12.5. The van der Waals surface area contributed by atoms with Gasteiger partial charge in [-0.05, 0) is 30.6 Å². The Morgan fingerprint density at radius 1 is 1.16 bits per heavy atom. The van der Waals surface area contributed by atoms with E-state index in [1.807, 2.05) is 36.2 Å². The van der Waals surface area contributed by atoms with Crippen LogP contribution in [0.25, 0.3) is 0 Å². The van der Waals surface area contributed by atoms with Gasteiger partial charge in [0.2, 0.25) is 5.91 Å². The molecule has 1 amide bonds. The van der Waals surface area contributed by atoms with Gasteiger partial charge in [0.05, 0.1) is 19.3 Å². The van der Waals surface area contributed by atoms with Crippen molar-refractivity contribution in [1.29, 1.82) is 0 Å². The number of hydrogen-bond donors (Lipinski definition) is 0. The minimum Gasteiger partial charge on any atom is -0.495 e. The lowest BCUT2D eigenvalue weighted by Gasteiger charge is -2.37. The van der Waals surface area contributed by atoms with Crippen LogP contribution in [0.4, 0.5) is 5.69 Å². The molecule has 0 aliphatic carbocycles. The number of carbonyl (C=O) groups is 1. The topological polar surface area (TPSA) is 36.0 Å². The van der Waals surface area contributed by atoms with E-state index in [0.717, 1.165) is 44.2 Å². The predicted molar refractivity (Wildman–Crippen MR) is 102 cm³/mol. The molecule has 0 spiro atoms. The summed E-state index contributed by atoms with van der Waals surface area (Å²) in [5.41, 5.74) is 1.10. The SMILES string of the molecule is COc1ccccc1N1CCN(C(=O)CN(C)Cc2cccs2)CC1. The smallest absolute Gasteiger partial charge is 0.236 e. The van der Waals surface area contributed by atoms with Gasteiger partial charge in [0.25, 0.3) is 0 Å². The maximum absolute atomic E-state index is 12.5. The highest BCUT2D eigenvalue weighted by Crippen LogP contribution is 2.28. The van der Waals surface area contributed by atoms with Gasteiger partial charge in [0.1, 0.15) is 5.75 Å². The third-order valence-corrected chi connectivity index (χ3v) is 5.33. The highest BCUT2D eigenvalue weighted by atomic mass is 32.1. The highest BCUT2D eigenvalue weighted by Gasteiger charge is 2.23. The van der Waals surface area contributed by atoms with E-state index >= 15 is 0 Å². The number of para-hydroxylation sites is 2. The van der Waals surface area contributed by atoms with Gasteiger partial charge >= 0.3 is 0 Å². The molecule has 134 valence electrons. The Kier molecular flexibility index (Phi) is 5.94. The van der Waals surface area contributed by atoms with Crippen molar-refractivity contribution in [3.05, 3.63) is 46.7 Å². The molecular formula is C19H25N3O2S. The fourth-order valence-corrected chi connectivity index (χ4v) is 3.93. The van der Waals surface area contributed by atoms with Gasteiger partial charge in [0, 0.05) is 37.6 Å². The second-order valence-electron chi connectivity index (χ2n) is 6.29. The first-order valence-electron chi connectivity index (χ1n) is 8.54. The Morgan fingerprint density at radius 3 is 2.60 bits per heavy atom. The fraction of sp³-hybridized carbons (Fsp3) is 0.421. The first-order valence-corrected chi connectivity index (χ1v) is 9.42. The molecule has 0 radical (unpaired) electrons. The van der Waals surface area contributed by atoms with E-state index in [1.54, 1.807) is 18.4 Å². The second kappa shape index (κ2) is 8.36. The summed E-state index contributed by atoms with van der Waals surface area (Å²) in [6.07, 6.45) is 0. The van der Waals surface area contributed by atoms with Crippen LogP contribution in [-0.2, 0) is 11.3 Å². The number of nitrogens with zero attached hydrogens (tertiary/aromatic N) is 3. The van der Waals surface area contributed by atoms with Crippen molar-refractivity contribution in [3.63, 3.8) is 0 Å². The quantitative estimate of drug-likeness (QED) is 0.794. The van der Waals surface area contributed by atoms with Crippen molar-refractivity contribution < 1.29 is 9.53 Å². The van der Waals surface area contributed by atoms with Gasteiger partial charge in [-0.1, -0.05) is 18.2 Å². The molecule has 0 unspecified atom stereocenters. The van der Waals surface area contributed by atoms with E-state index in [0.29, 0.717) is 6.54 Å². The van der Waals surface area contributed by atoms with Crippen LogP contribution in [0.15, 0.2) is 41.8 Å². The van der Waals surface area contributed by atoms with Crippen molar-refractivity contribution in [2.24, 2.45) is 0 Å². The average Bonchev–Trinajstić information content (AvgIpc) is 3.14. The van der Waals surface area contributed by atoms with Crippen molar-refractivity contribution >= 4 is 22.9 Å². The van der Waals surface area contributed by atoms with Crippen molar-refractivity contribution in [3.8, 4) is 5.75 Å². The minimum absolute atomic E-state index is 0.207. The molecule has 5 nitrogen and oxygen atoms in total. The normalized spacial score (nSPS) is 14.8. The number of likely N-dealkylation sites (N-methyl/N-ethyl adjacent to an activating group) is 1. The van der Waals surface area contributed by atoms with E-state index in [9.17, 15) is 4.79 Å². The monoisotopic (exact) mass is 359 g/mol. The Morgan fingerprint density at radius 2 is 1.92 bits per heavy atom. The molecule has 3 rings (SSSR count). The lowest BCUT2D eigenvalue weighted by Crippen LogP contribution is -2.51. The summed E-state index contributed by atoms with van der Waals surface area (Å²) in [7, 11) is 3.70. The van der Waals surface area contributed by atoms with E-state index in [-0.39, 0.29) is 5.91 Å². The molecule has 1 aromatic heterocycles. The second-order valence-corrected chi connectivity index (χ2v) is 7.32. The number of rotatable bonds is 6. The van der Waals surface area contributed by atoms with Gasteiger partial charge < -0.3 is 14.5 Å². The van der Waals surface area contributed by atoms with Gasteiger partial charge in [-0.15, -0.1) is 11.3 Å². The number of ether oxygens (including phenoxy) is 1. The molecule has 25 heavy (non-hydrogen) atoms. The van der Waals surface area contributed by atoms with Crippen LogP contribution in [0.5, 0.6) is 5.75 Å². The number of methoxy groups -OCH3 is 1. The zero-order valence-electron chi connectivity index (χ0n) is 14.9. The summed E-state index contributed by atoms with van der Waals surface area (Å²) in [5, 5.41) is 2.07. The van der Waals surface area contributed by atoms with Gasteiger partial charge in [-0.3, -0.25) is 9.69 Å². The van der Waals surface area contributed by atoms with Crippen LogP contribution >= 0.6 is 11.3 Å². The van der Waals surface area contributed by atoms with Crippen LogP contribution in [0, 0.1) is 0 Å². The molecule has 2 heterocycles. The lowest BCUT2D eigenvalue weighted by atomic mass is 10.2. The summed E-state index contributed by atoms with van der Waals surface area (Å²) >= 11 is 1.73. The standard InChI is InChI=1S/C19H25N3O2S/c1-20(14-16-6-5-13-25-16)15-19(23)22-11-9-21(10-12-22)17-7-3-4-8-18(17)24-2/h3-8,13H,9-12,14-15H2,1-2H3. The summed E-state index contributed by atoms with van der Waals surface area (Å²) in [5.74, 6) is 1.09. The van der Waals surface area contributed by atoms with E-state index in [1.165, 1.54) is 4.88 Å². The van der Waals surface area contributed by atoms with Gasteiger partial charge in [-0.2, -0.15) is 0 Å². The summed E-state index contributed by atoms with van der Waals surface area (Å²) in [6, 6.07) is 12.2. The van der Waals surface area contributed by atoms with Crippen molar-refractivity contribution in [1.82, 2.24) is 9.80 Å². The first-order chi connectivity index (χ1) is 12.2. The molecule has 0 atom stereocenters. The lowest BCUT2D eigenvalue weighted by molar-refractivity contribution is -0.132.